The van der Waals surface area contributed by atoms with Gasteiger partial charge in [-0.15, -0.1) is 6.42 Å². The normalized spacial score (nSPS) is 18.2. The molecule has 1 fully saturated rings. The van der Waals surface area contributed by atoms with Crippen LogP contribution in [-0.4, -0.2) is 57.2 Å². The lowest BCUT2D eigenvalue weighted by atomic mass is 10.0. The van der Waals surface area contributed by atoms with Crippen LogP contribution in [0, 0.1) is 12.3 Å². The van der Waals surface area contributed by atoms with Crippen LogP contribution in [0.1, 0.15) is 110 Å². The molecule has 2 atom stereocenters. The van der Waals surface area contributed by atoms with Crippen LogP contribution in [0.2, 0.25) is 5.28 Å². The maximum absolute atomic E-state index is 13.3. The largest absolute Gasteiger partial charge is 0.449 e. The van der Waals surface area contributed by atoms with Crippen molar-refractivity contribution >= 4 is 40.6 Å². The average Bonchev–Trinajstić information content (AvgIpc) is 3.61. The first-order valence-electron chi connectivity index (χ1n) is 15.3. The third kappa shape index (κ3) is 9.06. The number of amides is 2. The lowest BCUT2D eigenvalue weighted by molar-refractivity contribution is -0.0615. The molecule has 0 bridgehead atoms. The molecule has 2 amide bonds. The van der Waals surface area contributed by atoms with Gasteiger partial charge in [-0.1, -0.05) is 84.0 Å². The van der Waals surface area contributed by atoms with Crippen LogP contribution in [0.3, 0.4) is 0 Å². The summed E-state index contributed by atoms with van der Waals surface area (Å²) in [5.74, 6) is 2.51. The number of imide groups is 1. The number of aliphatic hydroxyl groups is 1. The van der Waals surface area contributed by atoms with E-state index in [0.717, 1.165) is 56.3 Å². The zero-order chi connectivity index (χ0) is 30.4. The predicted molar refractivity (Wildman–Crippen MR) is 162 cm³/mol. The summed E-state index contributed by atoms with van der Waals surface area (Å²) in [6, 6.07) is 1.67. The molecule has 0 aliphatic carbocycles. The second kappa shape index (κ2) is 17.3. The molecule has 1 saturated heterocycles. The van der Waals surface area contributed by atoms with E-state index in [1.165, 1.54) is 12.8 Å². The monoisotopic (exact) mass is 604 g/mol. The minimum atomic E-state index is -1.09. The molecule has 1 N–H and O–H groups in total. The first kappa shape index (κ1) is 33.6. The Morgan fingerprint density at radius 1 is 1.05 bits per heavy atom. The maximum atomic E-state index is 13.3. The average molecular weight is 605 g/mol. The van der Waals surface area contributed by atoms with Gasteiger partial charge in [0.05, 0.1) is 25.2 Å². The molecule has 3 heterocycles. The van der Waals surface area contributed by atoms with E-state index >= 15 is 0 Å². The van der Waals surface area contributed by atoms with Crippen LogP contribution in [0.5, 0.6) is 0 Å². The van der Waals surface area contributed by atoms with E-state index < -0.39 is 24.0 Å². The van der Waals surface area contributed by atoms with Crippen molar-refractivity contribution in [2.45, 2.75) is 116 Å². The van der Waals surface area contributed by atoms with Crippen molar-refractivity contribution in [3.63, 3.8) is 0 Å². The number of rotatable bonds is 17. The number of terminal acetylenes is 1. The van der Waals surface area contributed by atoms with Crippen molar-refractivity contribution in [1.29, 1.82) is 0 Å². The number of anilines is 1. The first-order chi connectivity index (χ1) is 20.4. The van der Waals surface area contributed by atoms with Gasteiger partial charge in [-0.25, -0.2) is 9.59 Å². The van der Waals surface area contributed by atoms with Gasteiger partial charge in [0, 0.05) is 6.20 Å². The Morgan fingerprint density at radius 2 is 1.62 bits per heavy atom. The van der Waals surface area contributed by atoms with E-state index in [-0.39, 0.29) is 30.9 Å². The molecule has 2 aromatic heterocycles. The summed E-state index contributed by atoms with van der Waals surface area (Å²) in [6.45, 7) is 4.34. The van der Waals surface area contributed by atoms with Gasteiger partial charge in [0.25, 0.3) is 0 Å². The topological polar surface area (TPSA) is 116 Å². The molecule has 232 valence electrons. The lowest BCUT2D eigenvalue weighted by Gasteiger charge is -2.22. The standard InChI is InChI=1S/C31H45ClN4O6/c1-4-7-9-11-13-15-21-40-29(38)36(30(39)41-22-16-14-12-10-8-5-2)27-24-18-20-35(26(24)33-28(32)34-27)25-17-19-31(6-3,23-37)42-25/h3,18,20,25,37H,4-5,7-17,19,21-23H2,1-2H3/t25-,31+/m1/s1. The van der Waals surface area contributed by atoms with Crippen molar-refractivity contribution < 1.29 is 28.9 Å². The fraction of sp³-hybridized carbons (Fsp3) is 0.677. The number of nitrogens with zero attached hydrogens (tertiary/aromatic N) is 4. The van der Waals surface area contributed by atoms with E-state index in [1.54, 1.807) is 16.8 Å². The number of carbonyl (C=O) groups is 2. The van der Waals surface area contributed by atoms with Crippen LogP contribution in [0.25, 0.3) is 11.0 Å². The van der Waals surface area contributed by atoms with Gasteiger partial charge in [0.2, 0.25) is 5.28 Å². The highest BCUT2D eigenvalue weighted by atomic mass is 35.5. The number of hydrogen-bond donors (Lipinski definition) is 1. The second-order valence-electron chi connectivity index (χ2n) is 10.8. The van der Waals surface area contributed by atoms with E-state index in [9.17, 15) is 14.7 Å². The Hall–Kier alpha value is -2.87. The fourth-order valence-corrected chi connectivity index (χ4v) is 5.21. The van der Waals surface area contributed by atoms with Crippen LogP contribution in [-0.2, 0) is 14.2 Å². The van der Waals surface area contributed by atoms with Crippen molar-refractivity contribution in [3.05, 3.63) is 17.5 Å². The molecule has 0 spiro atoms. The molecule has 42 heavy (non-hydrogen) atoms. The van der Waals surface area contributed by atoms with Gasteiger partial charge in [0.1, 0.15) is 11.9 Å². The maximum Gasteiger partial charge on any atom is 0.425 e. The van der Waals surface area contributed by atoms with Crippen molar-refractivity contribution in [3.8, 4) is 12.3 Å². The highest BCUT2D eigenvalue weighted by Gasteiger charge is 2.40. The molecule has 0 unspecified atom stereocenters. The van der Waals surface area contributed by atoms with Crippen molar-refractivity contribution in [2.75, 3.05) is 24.7 Å². The van der Waals surface area contributed by atoms with E-state index in [0.29, 0.717) is 36.7 Å². The fourth-order valence-electron chi connectivity index (χ4n) is 5.05. The van der Waals surface area contributed by atoms with Crippen LogP contribution in [0.4, 0.5) is 15.4 Å². The number of fused-ring (bicyclic) bond motifs is 1. The lowest BCUT2D eigenvalue weighted by Crippen LogP contribution is -2.39. The van der Waals surface area contributed by atoms with E-state index in [4.69, 9.17) is 32.2 Å². The number of aliphatic hydroxyl groups excluding tert-OH is 1. The predicted octanol–water partition coefficient (Wildman–Crippen LogP) is 7.56. The number of aromatic nitrogens is 3. The Labute approximate surface area is 254 Å². The smallest absolute Gasteiger partial charge is 0.425 e. The van der Waals surface area contributed by atoms with Crippen LogP contribution < -0.4 is 4.90 Å². The van der Waals surface area contributed by atoms with Gasteiger partial charge in [-0.2, -0.15) is 14.9 Å². The summed E-state index contributed by atoms with van der Waals surface area (Å²) in [5, 5.41) is 10.00. The third-order valence-electron chi connectivity index (χ3n) is 7.53. The Balaban J connectivity index is 1.80. The Morgan fingerprint density at radius 3 is 2.14 bits per heavy atom. The van der Waals surface area contributed by atoms with Gasteiger partial charge < -0.3 is 23.9 Å². The number of unbranched alkanes of at least 4 members (excludes halogenated alkanes) is 10. The summed E-state index contributed by atoms with van der Waals surface area (Å²) in [5.41, 5.74) is -0.744. The second-order valence-corrected chi connectivity index (χ2v) is 11.1. The summed E-state index contributed by atoms with van der Waals surface area (Å²) < 4.78 is 18.7. The molecule has 2 aromatic rings. The van der Waals surface area contributed by atoms with E-state index in [1.807, 2.05) is 0 Å². The molecule has 10 nitrogen and oxygen atoms in total. The van der Waals surface area contributed by atoms with E-state index in [2.05, 4.69) is 29.7 Å². The van der Waals surface area contributed by atoms with Crippen molar-refractivity contribution in [1.82, 2.24) is 14.5 Å². The van der Waals surface area contributed by atoms with Crippen LogP contribution >= 0.6 is 11.6 Å². The number of halogens is 1. The van der Waals surface area contributed by atoms with Gasteiger partial charge in [-0.05, 0) is 43.4 Å². The quantitative estimate of drug-likeness (QED) is 0.112. The summed E-state index contributed by atoms with van der Waals surface area (Å²) in [6.07, 6.45) is 18.3. The molecular formula is C31H45ClN4O6. The Bertz CT molecular complexity index is 1170. The van der Waals surface area contributed by atoms with Crippen LogP contribution in [0.15, 0.2) is 12.3 Å². The molecule has 1 aliphatic rings. The zero-order valence-electron chi connectivity index (χ0n) is 25.0. The molecule has 11 heteroatoms. The highest BCUT2D eigenvalue weighted by molar-refractivity contribution is 6.29. The number of carbonyl (C=O) groups excluding carboxylic acids is 2. The van der Waals surface area contributed by atoms with Gasteiger partial charge in [0.15, 0.2) is 11.4 Å². The first-order valence-corrected chi connectivity index (χ1v) is 15.7. The summed E-state index contributed by atoms with van der Waals surface area (Å²) in [4.78, 5) is 36.1. The molecule has 0 aromatic carbocycles. The molecule has 0 radical (unpaired) electrons. The van der Waals surface area contributed by atoms with Gasteiger partial charge >= 0.3 is 12.2 Å². The molecule has 1 aliphatic heterocycles. The Kier molecular flexibility index (Phi) is 13.8. The number of ether oxygens (including phenoxy) is 3. The molecule has 3 rings (SSSR count). The minimum absolute atomic E-state index is 0.0343. The molecule has 0 saturated carbocycles. The third-order valence-corrected chi connectivity index (χ3v) is 7.70. The SMILES string of the molecule is C#C[C@@]1(CO)CC[C@H](n2ccc3c(N(C(=O)OCCCCCCCC)C(=O)OCCCCCCCC)nc(Cl)nc32)O1. The van der Waals surface area contributed by atoms with Crippen molar-refractivity contribution in [2.24, 2.45) is 0 Å². The highest BCUT2D eigenvalue weighted by Crippen LogP contribution is 2.39. The molecular weight excluding hydrogens is 560 g/mol. The zero-order valence-corrected chi connectivity index (χ0v) is 25.7. The minimum Gasteiger partial charge on any atom is -0.449 e. The van der Waals surface area contributed by atoms with Gasteiger partial charge in [-0.3, -0.25) is 0 Å². The summed E-state index contributed by atoms with van der Waals surface area (Å²) in [7, 11) is 0. The number of hydrogen-bond acceptors (Lipinski definition) is 8. The summed E-state index contributed by atoms with van der Waals surface area (Å²) >= 11 is 6.32.